The van der Waals surface area contributed by atoms with Crippen molar-refractivity contribution in [3.63, 3.8) is 0 Å². The highest BCUT2D eigenvalue weighted by atomic mass is 35.5. The number of aromatic nitrogens is 3. The third kappa shape index (κ3) is 4.36. The predicted octanol–water partition coefficient (Wildman–Crippen LogP) is 2.92. The van der Waals surface area contributed by atoms with E-state index < -0.39 is 0 Å². The quantitative estimate of drug-likeness (QED) is 0.737. The Morgan fingerprint density at radius 3 is 2.80 bits per heavy atom. The third-order valence-corrected chi connectivity index (χ3v) is 4.01. The minimum absolute atomic E-state index is 0.193. The first-order valence-corrected chi connectivity index (χ1v) is 8.06. The Kier molecular flexibility index (Phi) is 5.30. The lowest BCUT2D eigenvalue weighted by atomic mass is 10.2. The summed E-state index contributed by atoms with van der Waals surface area (Å²) in [6.07, 6.45) is 4.91. The fourth-order valence-corrected chi connectivity index (χ4v) is 2.48. The molecule has 0 radical (unpaired) electrons. The van der Waals surface area contributed by atoms with Crippen LogP contribution in [0.25, 0.3) is 0 Å². The Balaban J connectivity index is 1.59. The number of pyridine rings is 1. The molecule has 3 rings (SSSR count). The molecule has 6 nitrogen and oxygen atoms in total. The number of hydrogen-bond acceptors (Lipinski definition) is 4. The second-order valence-corrected chi connectivity index (χ2v) is 5.82. The summed E-state index contributed by atoms with van der Waals surface area (Å²) in [6, 6.07) is 11.2. The van der Waals surface area contributed by atoms with Gasteiger partial charge in [-0.2, -0.15) is 5.10 Å². The van der Waals surface area contributed by atoms with E-state index in [9.17, 15) is 4.79 Å². The van der Waals surface area contributed by atoms with Crippen LogP contribution in [0.3, 0.4) is 0 Å². The lowest BCUT2D eigenvalue weighted by molar-refractivity contribution is 0.0951. The lowest BCUT2D eigenvalue weighted by Gasteiger charge is -2.05. The van der Waals surface area contributed by atoms with Crippen LogP contribution in [-0.2, 0) is 13.1 Å². The number of halogens is 1. The molecule has 0 aliphatic carbocycles. The van der Waals surface area contributed by atoms with E-state index in [0.29, 0.717) is 29.6 Å². The normalized spacial score (nSPS) is 10.5. The molecule has 2 heterocycles. The van der Waals surface area contributed by atoms with Crippen molar-refractivity contribution in [1.29, 1.82) is 0 Å². The van der Waals surface area contributed by atoms with Crippen molar-refractivity contribution in [3.8, 4) is 5.88 Å². The number of carbonyl (C=O) groups excluding carboxylic acids is 1. The van der Waals surface area contributed by atoms with Gasteiger partial charge in [0.25, 0.3) is 5.91 Å². The van der Waals surface area contributed by atoms with Crippen LogP contribution < -0.4 is 10.1 Å². The van der Waals surface area contributed by atoms with Gasteiger partial charge in [-0.05, 0) is 17.2 Å². The highest BCUT2D eigenvalue weighted by Gasteiger charge is 2.09. The molecule has 0 saturated heterocycles. The van der Waals surface area contributed by atoms with Crippen molar-refractivity contribution in [3.05, 3.63) is 76.7 Å². The first kappa shape index (κ1) is 17.0. The maximum absolute atomic E-state index is 12.2. The maximum atomic E-state index is 12.2. The summed E-state index contributed by atoms with van der Waals surface area (Å²) < 4.78 is 6.69. The molecular weight excluding hydrogens is 340 g/mol. The average Bonchev–Trinajstić information content (AvgIpc) is 3.11. The van der Waals surface area contributed by atoms with Crippen LogP contribution in [0, 0.1) is 0 Å². The van der Waals surface area contributed by atoms with Gasteiger partial charge in [-0.15, -0.1) is 0 Å². The van der Waals surface area contributed by atoms with E-state index in [1.165, 1.54) is 0 Å². The molecule has 7 heteroatoms. The molecule has 0 aliphatic heterocycles. The predicted molar refractivity (Wildman–Crippen MR) is 94.7 cm³/mol. The van der Waals surface area contributed by atoms with Crippen molar-refractivity contribution in [2.24, 2.45) is 0 Å². The van der Waals surface area contributed by atoms with Crippen LogP contribution in [0.4, 0.5) is 0 Å². The van der Waals surface area contributed by atoms with E-state index in [-0.39, 0.29) is 5.91 Å². The zero-order valence-electron chi connectivity index (χ0n) is 13.6. The van der Waals surface area contributed by atoms with Gasteiger partial charge in [0, 0.05) is 30.0 Å². The summed E-state index contributed by atoms with van der Waals surface area (Å²) in [5.41, 5.74) is 2.33. The first-order chi connectivity index (χ1) is 12.2. The number of nitrogens with zero attached hydrogens (tertiary/aromatic N) is 3. The Morgan fingerprint density at radius 1 is 1.24 bits per heavy atom. The molecule has 0 aliphatic rings. The molecule has 2 aromatic heterocycles. The monoisotopic (exact) mass is 356 g/mol. The van der Waals surface area contributed by atoms with Gasteiger partial charge in [0.1, 0.15) is 0 Å². The summed E-state index contributed by atoms with van der Waals surface area (Å²) in [5, 5.41) is 7.74. The molecule has 0 unspecified atom stereocenters. The molecule has 1 aromatic carbocycles. The second kappa shape index (κ2) is 7.81. The highest BCUT2D eigenvalue weighted by Crippen LogP contribution is 2.16. The number of rotatable bonds is 6. The summed E-state index contributed by atoms with van der Waals surface area (Å²) in [5.74, 6) is 0.345. The second-order valence-electron chi connectivity index (χ2n) is 5.41. The van der Waals surface area contributed by atoms with Gasteiger partial charge >= 0.3 is 0 Å². The molecule has 0 atom stereocenters. The highest BCUT2D eigenvalue weighted by molar-refractivity contribution is 6.31. The summed E-state index contributed by atoms with van der Waals surface area (Å²) in [6.45, 7) is 0.890. The minimum Gasteiger partial charge on any atom is -0.481 e. The molecule has 0 fully saturated rings. The van der Waals surface area contributed by atoms with Crippen molar-refractivity contribution >= 4 is 17.5 Å². The molecular formula is C18H17ClN4O2. The van der Waals surface area contributed by atoms with Crippen molar-refractivity contribution in [2.45, 2.75) is 13.1 Å². The molecule has 0 spiro atoms. The SMILES string of the molecule is COc1ccc(CNC(=O)c2cnn(Cc3ccccc3Cl)c2)cn1. The van der Waals surface area contributed by atoms with Crippen molar-refractivity contribution < 1.29 is 9.53 Å². The molecule has 128 valence electrons. The van der Waals surface area contributed by atoms with Crippen LogP contribution in [0.1, 0.15) is 21.5 Å². The minimum atomic E-state index is -0.193. The molecule has 3 aromatic rings. The largest absolute Gasteiger partial charge is 0.481 e. The first-order valence-electron chi connectivity index (χ1n) is 7.68. The van der Waals surface area contributed by atoms with Crippen LogP contribution in [0.5, 0.6) is 5.88 Å². The molecule has 0 bridgehead atoms. The van der Waals surface area contributed by atoms with Crippen LogP contribution in [0.15, 0.2) is 55.0 Å². The van der Waals surface area contributed by atoms with E-state index in [4.69, 9.17) is 16.3 Å². The summed E-state index contributed by atoms with van der Waals surface area (Å²) >= 11 is 6.15. The zero-order chi connectivity index (χ0) is 17.6. The Morgan fingerprint density at radius 2 is 2.08 bits per heavy atom. The van der Waals surface area contributed by atoms with E-state index in [1.54, 1.807) is 36.4 Å². The number of methoxy groups -OCH3 is 1. The lowest BCUT2D eigenvalue weighted by Crippen LogP contribution is -2.22. The van der Waals surface area contributed by atoms with Gasteiger partial charge in [0.15, 0.2) is 0 Å². The van der Waals surface area contributed by atoms with E-state index in [2.05, 4.69) is 15.4 Å². The standard InChI is InChI=1S/C18H17ClN4O2/c1-25-17-7-6-13(8-20-17)9-21-18(24)15-10-22-23(12-15)11-14-4-2-3-5-16(14)19/h2-8,10,12H,9,11H2,1H3,(H,21,24). The average molecular weight is 357 g/mol. The van der Waals surface area contributed by atoms with Gasteiger partial charge in [0.05, 0.1) is 25.4 Å². The van der Waals surface area contributed by atoms with Crippen LogP contribution >= 0.6 is 11.6 Å². The van der Waals surface area contributed by atoms with E-state index in [1.807, 2.05) is 30.3 Å². The van der Waals surface area contributed by atoms with Crippen LogP contribution in [-0.4, -0.2) is 27.8 Å². The van der Waals surface area contributed by atoms with Gasteiger partial charge in [-0.3, -0.25) is 9.48 Å². The maximum Gasteiger partial charge on any atom is 0.254 e. The zero-order valence-corrected chi connectivity index (χ0v) is 14.4. The number of nitrogens with one attached hydrogen (secondary N) is 1. The van der Waals surface area contributed by atoms with Gasteiger partial charge in [-0.25, -0.2) is 4.98 Å². The van der Waals surface area contributed by atoms with E-state index >= 15 is 0 Å². The van der Waals surface area contributed by atoms with Crippen molar-refractivity contribution in [1.82, 2.24) is 20.1 Å². The third-order valence-electron chi connectivity index (χ3n) is 3.65. The number of hydrogen-bond donors (Lipinski definition) is 1. The summed E-state index contributed by atoms with van der Waals surface area (Å²) in [4.78, 5) is 16.3. The van der Waals surface area contributed by atoms with Gasteiger partial charge in [0.2, 0.25) is 5.88 Å². The summed E-state index contributed by atoms with van der Waals surface area (Å²) in [7, 11) is 1.56. The Bertz CT molecular complexity index is 862. The number of benzene rings is 1. The van der Waals surface area contributed by atoms with E-state index in [0.717, 1.165) is 11.1 Å². The molecule has 1 amide bonds. The molecule has 0 saturated carbocycles. The number of amides is 1. The fraction of sp³-hybridized carbons (Fsp3) is 0.167. The fourth-order valence-electron chi connectivity index (χ4n) is 2.29. The van der Waals surface area contributed by atoms with Gasteiger partial charge in [-0.1, -0.05) is 35.9 Å². The molecule has 25 heavy (non-hydrogen) atoms. The topological polar surface area (TPSA) is 69.0 Å². The number of carbonyl (C=O) groups is 1. The smallest absolute Gasteiger partial charge is 0.254 e. The molecule has 1 N–H and O–H groups in total. The van der Waals surface area contributed by atoms with Gasteiger partial charge < -0.3 is 10.1 Å². The van der Waals surface area contributed by atoms with Crippen molar-refractivity contribution in [2.75, 3.05) is 7.11 Å². The Labute approximate surface area is 150 Å². The number of ether oxygens (including phenoxy) is 1. The Hall–Kier alpha value is -2.86. The van der Waals surface area contributed by atoms with Crippen LogP contribution in [0.2, 0.25) is 5.02 Å².